The van der Waals surface area contributed by atoms with E-state index < -0.39 is 0 Å². The van der Waals surface area contributed by atoms with Crippen LogP contribution >= 0.6 is 0 Å². The Bertz CT molecular complexity index is 689. The first-order valence-corrected chi connectivity index (χ1v) is 8.75. The van der Waals surface area contributed by atoms with Gasteiger partial charge in [0, 0.05) is 12.7 Å². The van der Waals surface area contributed by atoms with E-state index in [1.54, 1.807) is 18.3 Å². The number of morpholine rings is 1. The van der Waals surface area contributed by atoms with Crippen molar-refractivity contribution in [2.75, 3.05) is 19.8 Å². The van der Waals surface area contributed by atoms with Crippen LogP contribution in [0.25, 0.3) is 0 Å². The number of furan rings is 1. The second kappa shape index (κ2) is 7.37. The minimum Gasteiger partial charge on any atom is -0.459 e. The van der Waals surface area contributed by atoms with Crippen molar-refractivity contribution in [3.05, 3.63) is 54.2 Å². The molecule has 1 aliphatic carbocycles. The third-order valence-electron chi connectivity index (χ3n) is 4.96. The lowest BCUT2D eigenvalue weighted by atomic mass is 10.1. The van der Waals surface area contributed by atoms with Crippen LogP contribution in [0, 0.1) is 5.92 Å². The third kappa shape index (κ3) is 3.60. The Labute approximate surface area is 146 Å². The Hall–Kier alpha value is -2.18. The van der Waals surface area contributed by atoms with Gasteiger partial charge in [-0.3, -0.25) is 9.78 Å². The highest BCUT2D eigenvalue weighted by molar-refractivity contribution is 5.91. The molecule has 3 heterocycles. The lowest BCUT2D eigenvalue weighted by molar-refractivity contribution is -0.0459. The van der Waals surface area contributed by atoms with Gasteiger partial charge in [-0.25, -0.2) is 0 Å². The van der Waals surface area contributed by atoms with Gasteiger partial charge >= 0.3 is 0 Å². The maximum absolute atomic E-state index is 12.6. The SMILES string of the molecule is O=C(c1ccco1)N1CCO[C@@H]2C[C@@H](COCc3ccccn3)C[C@@H]21. The van der Waals surface area contributed by atoms with Gasteiger partial charge in [0.15, 0.2) is 5.76 Å². The molecule has 0 radical (unpaired) electrons. The van der Waals surface area contributed by atoms with Crippen molar-refractivity contribution in [2.45, 2.75) is 31.6 Å². The zero-order valence-corrected chi connectivity index (χ0v) is 14.0. The van der Waals surface area contributed by atoms with Crippen LogP contribution in [0.4, 0.5) is 0 Å². The average Bonchev–Trinajstić information content (AvgIpc) is 3.31. The summed E-state index contributed by atoms with van der Waals surface area (Å²) in [7, 11) is 0. The highest BCUT2D eigenvalue weighted by Gasteiger charge is 2.43. The van der Waals surface area contributed by atoms with Gasteiger partial charge in [-0.1, -0.05) is 6.07 Å². The summed E-state index contributed by atoms with van der Waals surface area (Å²) in [6.45, 7) is 2.37. The summed E-state index contributed by atoms with van der Waals surface area (Å²) in [6, 6.07) is 9.38. The van der Waals surface area contributed by atoms with Gasteiger partial charge in [-0.05, 0) is 43.0 Å². The van der Waals surface area contributed by atoms with Crippen LogP contribution in [0.1, 0.15) is 29.1 Å². The molecular formula is C19H22N2O4. The van der Waals surface area contributed by atoms with Gasteiger partial charge in [0.25, 0.3) is 5.91 Å². The second-order valence-electron chi connectivity index (χ2n) is 6.63. The van der Waals surface area contributed by atoms with Gasteiger partial charge in [0.05, 0.1) is 43.9 Å². The highest BCUT2D eigenvalue weighted by Crippen LogP contribution is 2.35. The molecule has 25 heavy (non-hydrogen) atoms. The summed E-state index contributed by atoms with van der Waals surface area (Å²) in [6.07, 6.45) is 5.23. The van der Waals surface area contributed by atoms with Crippen LogP contribution in [-0.2, 0) is 16.1 Å². The Morgan fingerprint density at radius 1 is 1.28 bits per heavy atom. The molecule has 0 N–H and O–H groups in total. The smallest absolute Gasteiger partial charge is 0.289 e. The van der Waals surface area contributed by atoms with E-state index in [0.717, 1.165) is 18.5 Å². The molecule has 1 aliphatic heterocycles. The first-order valence-electron chi connectivity index (χ1n) is 8.75. The largest absolute Gasteiger partial charge is 0.459 e. The summed E-state index contributed by atoms with van der Waals surface area (Å²) in [5.41, 5.74) is 0.934. The van der Waals surface area contributed by atoms with Crippen molar-refractivity contribution in [1.82, 2.24) is 9.88 Å². The number of aromatic nitrogens is 1. The molecule has 0 bridgehead atoms. The number of ether oxygens (including phenoxy) is 2. The lowest BCUT2D eigenvalue weighted by Crippen LogP contribution is -2.51. The van der Waals surface area contributed by atoms with Crippen molar-refractivity contribution in [3.63, 3.8) is 0 Å². The molecule has 2 fully saturated rings. The van der Waals surface area contributed by atoms with Gasteiger partial charge in [-0.2, -0.15) is 0 Å². The molecule has 0 aromatic carbocycles. The minimum absolute atomic E-state index is 0.0432. The molecule has 0 spiro atoms. The van der Waals surface area contributed by atoms with Gasteiger partial charge in [0.1, 0.15) is 0 Å². The number of nitrogens with zero attached hydrogens (tertiary/aromatic N) is 2. The quantitative estimate of drug-likeness (QED) is 0.835. The zero-order valence-electron chi connectivity index (χ0n) is 14.0. The molecular weight excluding hydrogens is 320 g/mol. The summed E-state index contributed by atoms with van der Waals surface area (Å²) in [5.74, 6) is 0.748. The zero-order chi connectivity index (χ0) is 17.1. The normalized spacial score (nSPS) is 25.8. The number of carbonyl (C=O) groups excluding carboxylic acids is 1. The highest BCUT2D eigenvalue weighted by atomic mass is 16.5. The number of pyridine rings is 1. The van der Waals surface area contributed by atoms with Crippen molar-refractivity contribution in [1.29, 1.82) is 0 Å². The summed E-state index contributed by atoms with van der Waals surface area (Å²) < 4.78 is 17.0. The van der Waals surface area contributed by atoms with E-state index >= 15 is 0 Å². The predicted molar refractivity (Wildman–Crippen MR) is 89.9 cm³/mol. The summed E-state index contributed by atoms with van der Waals surface area (Å²) in [5, 5.41) is 0. The van der Waals surface area contributed by atoms with Crippen LogP contribution in [0.15, 0.2) is 47.2 Å². The van der Waals surface area contributed by atoms with E-state index in [4.69, 9.17) is 13.9 Å². The van der Waals surface area contributed by atoms with Crippen LogP contribution in [0.5, 0.6) is 0 Å². The van der Waals surface area contributed by atoms with Crippen molar-refractivity contribution in [2.24, 2.45) is 5.92 Å². The van der Waals surface area contributed by atoms with Gasteiger partial charge in [-0.15, -0.1) is 0 Å². The number of amides is 1. The Morgan fingerprint density at radius 3 is 3.04 bits per heavy atom. The molecule has 0 unspecified atom stereocenters. The summed E-state index contributed by atoms with van der Waals surface area (Å²) in [4.78, 5) is 18.8. The standard InChI is InChI=1S/C19H22N2O4/c22-19(17-5-3-8-24-17)21-7-9-25-18-11-14(10-16(18)21)12-23-13-15-4-1-2-6-20-15/h1-6,8,14,16,18H,7,9-13H2/t14-,16-,18+/m0/s1. The fourth-order valence-electron chi connectivity index (χ4n) is 3.79. The predicted octanol–water partition coefficient (Wildman–Crippen LogP) is 2.51. The van der Waals surface area contributed by atoms with Crippen molar-refractivity contribution >= 4 is 5.91 Å². The second-order valence-corrected chi connectivity index (χ2v) is 6.63. The first-order chi connectivity index (χ1) is 12.3. The Kier molecular flexibility index (Phi) is 4.81. The fourth-order valence-corrected chi connectivity index (χ4v) is 3.79. The Balaban J connectivity index is 1.33. The van der Waals surface area contributed by atoms with Crippen LogP contribution in [-0.4, -0.2) is 47.7 Å². The van der Waals surface area contributed by atoms with E-state index in [2.05, 4.69) is 4.98 Å². The number of rotatable bonds is 5. The molecule has 1 saturated heterocycles. The molecule has 1 amide bonds. The summed E-state index contributed by atoms with van der Waals surface area (Å²) >= 11 is 0. The monoisotopic (exact) mass is 342 g/mol. The van der Waals surface area contributed by atoms with Crippen molar-refractivity contribution in [3.8, 4) is 0 Å². The molecule has 4 rings (SSSR count). The molecule has 6 heteroatoms. The Morgan fingerprint density at radius 2 is 2.24 bits per heavy atom. The topological polar surface area (TPSA) is 64.8 Å². The number of hydrogen-bond donors (Lipinski definition) is 0. The van der Waals surface area contributed by atoms with E-state index in [1.807, 2.05) is 23.1 Å². The van der Waals surface area contributed by atoms with E-state index in [9.17, 15) is 4.79 Å². The molecule has 3 atom stereocenters. The fraction of sp³-hybridized carbons (Fsp3) is 0.474. The van der Waals surface area contributed by atoms with Gasteiger partial charge < -0.3 is 18.8 Å². The van der Waals surface area contributed by atoms with E-state index in [1.165, 1.54) is 6.26 Å². The van der Waals surface area contributed by atoms with Crippen molar-refractivity contribution < 1.29 is 18.7 Å². The average molecular weight is 342 g/mol. The van der Waals surface area contributed by atoms with Gasteiger partial charge in [0.2, 0.25) is 0 Å². The van der Waals surface area contributed by atoms with E-state index in [0.29, 0.717) is 38.0 Å². The first kappa shape index (κ1) is 16.3. The molecule has 2 aromatic heterocycles. The third-order valence-corrected chi connectivity index (χ3v) is 4.96. The van der Waals surface area contributed by atoms with Crippen LogP contribution in [0.2, 0.25) is 0 Å². The number of fused-ring (bicyclic) bond motifs is 1. The van der Waals surface area contributed by atoms with Crippen LogP contribution < -0.4 is 0 Å². The number of hydrogen-bond acceptors (Lipinski definition) is 5. The molecule has 2 aromatic rings. The maximum Gasteiger partial charge on any atom is 0.289 e. The minimum atomic E-state index is -0.0432. The molecule has 132 valence electrons. The van der Waals surface area contributed by atoms with Crippen LogP contribution in [0.3, 0.4) is 0 Å². The lowest BCUT2D eigenvalue weighted by Gasteiger charge is -2.37. The van der Waals surface area contributed by atoms with E-state index in [-0.39, 0.29) is 18.1 Å². The number of carbonyl (C=O) groups is 1. The molecule has 6 nitrogen and oxygen atoms in total. The molecule has 2 aliphatic rings. The molecule has 1 saturated carbocycles. The maximum atomic E-state index is 12.6.